The Labute approximate surface area is 126 Å². The Morgan fingerprint density at radius 3 is 2.67 bits per heavy atom. The molecule has 1 aromatic carbocycles. The monoisotopic (exact) mass is 295 g/mol. The van der Waals surface area contributed by atoms with Crippen molar-refractivity contribution in [1.29, 1.82) is 0 Å². The van der Waals surface area contributed by atoms with Crippen LogP contribution < -0.4 is 5.32 Å². The number of nitrogens with one attached hydrogen (secondary N) is 1. The maximum absolute atomic E-state index is 11.7. The van der Waals surface area contributed by atoms with Gasteiger partial charge in [0.05, 0.1) is 0 Å². The molecular formula is C16H25NO4. The van der Waals surface area contributed by atoms with Crippen molar-refractivity contribution in [3.63, 3.8) is 0 Å². The van der Waals surface area contributed by atoms with Gasteiger partial charge < -0.3 is 19.5 Å². The lowest BCUT2D eigenvalue weighted by Gasteiger charge is -2.25. The van der Waals surface area contributed by atoms with Crippen molar-refractivity contribution < 1.29 is 19.0 Å². The van der Waals surface area contributed by atoms with Gasteiger partial charge in [-0.1, -0.05) is 31.2 Å². The predicted molar refractivity (Wildman–Crippen MR) is 81.1 cm³/mol. The lowest BCUT2D eigenvalue weighted by molar-refractivity contribution is -0.112. The van der Waals surface area contributed by atoms with Gasteiger partial charge in [-0.25, -0.2) is 4.79 Å². The van der Waals surface area contributed by atoms with Crippen LogP contribution in [0.1, 0.15) is 37.5 Å². The topological polar surface area (TPSA) is 56.8 Å². The molecule has 0 fully saturated rings. The van der Waals surface area contributed by atoms with E-state index in [-0.39, 0.29) is 12.9 Å². The van der Waals surface area contributed by atoms with Crippen molar-refractivity contribution >= 4 is 6.09 Å². The Hall–Kier alpha value is -1.59. The van der Waals surface area contributed by atoms with Crippen molar-refractivity contribution in [2.45, 2.75) is 39.4 Å². The van der Waals surface area contributed by atoms with Crippen LogP contribution in [0.3, 0.4) is 0 Å². The van der Waals surface area contributed by atoms with Gasteiger partial charge in [0.1, 0.15) is 19.0 Å². The average molecular weight is 295 g/mol. The van der Waals surface area contributed by atoms with E-state index in [1.807, 2.05) is 45.0 Å². The number of aryl methyl sites for hydroxylation is 1. The highest BCUT2D eigenvalue weighted by atomic mass is 16.7. The number of carbonyl (C=O) groups is 1. The summed E-state index contributed by atoms with van der Waals surface area (Å²) < 4.78 is 16.1. The van der Waals surface area contributed by atoms with Crippen LogP contribution in [-0.4, -0.2) is 32.6 Å². The summed E-state index contributed by atoms with van der Waals surface area (Å²) in [4.78, 5) is 11.7. The third-order valence-corrected chi connectivity index (χ3v) is 3.10. The molecule has 2 unspecified atom stereocenters. The lowest BCUT2D eigenvalue weighted by Crippen LogP contribution is -2.32. The molecule has 1 N–H and O–H groups in total. The van der Waals surface area contributed by atoms with E-state index in [0.717, 1.165) is 17.5 Å². The zero-order chi connectivity index (χ0) is 15.7. The summed E-state index contributed by atoms with van der Waals surface area (Å²) in [6.45, 7) is 6.55. The van der Waals surface area contributed by atoms with E-state index in [1.165, 1.54) is 0 Å². The fourth-order valence-electron chi connectivity index (χ4n) is 2.02. The first-order chi connectivity index (χ1) is 10.1. The molecule has 2 atom stereocenters. The predicted octanol–water partition coefficient (Wildman–Crippen LogP) is 3.18. The smallest absolute Gasteiger partial charge is 0.407 e. The number of benzene rings is 1. The molecule has 0 heterocycles. The summed E-state index contributed by atoms with van der Waals surface area (Å²) in [5.41, 5.74) is 2.08. The maximum atomic E-state index is 11.7. The van der Waals surface area contributed by atoms with Crippen molar-refractivity contribution in [3.8, 4) is 0 Å². The highest BCUT2D eigenvalue weighted by molar-refractivity contribution is 5.67. The summed E-state index contributed by atoms with van der Waals surface area (Å²) in [5.74, 6) is 0. The molecule has 0 aliphatic carbocycles. The molecule has 0 spiro atoms. The average Bonchev–Trinajstić information content (AvgIpc) is 2.47. The zero-order valence-electron chi connectivity index (χ0n) is 13.2. The first-order valence-electron chi connectivity index (χ1n) is 7.20. The van der Waals surface area contributed by atoms with Crippen LogP contribution in [-0.2, 0) is 14.2 Å². The number of methoxy groups -OCH3 is 1. The third kappa shape index (κ3) is 5.73. The van der Waals surface area contributed by atoms with Crippen molar-refractivity contribution in [1.82, 2.24) is 5.32 Å². The van der Waals surface area contributed by atoms with Crippen LogP contribution in [0.4, 0.5) is 4.79 Å². The van der Waals surface area contributed by atoms with E-state index in [0.29, 0.717) is 6.54 Å². The fourth-order valence-corrected chi connectivity index (χ4v) is 2.02. The van der Waals surface area contributed by atoms with Crippen molar-refractivity contribution in [2.24, 2.45) is 0 Å². The highest BCUT2D eigenvalue weighted by Gasteiger charge is 2.25. The van der Waals surface area contributed by atoms with Gasteiger partial charge in [0.15, 0.2) is 0 Å². The summed E-state index contributed by atoms with van der Waals surface area (Å²) in [7, 11) is 1.56. The van der Waals surface area contributed by atoms with Crippen LogP contribution in [0.25, 0.3) is 0 Å². The van der Waals surface area contributed by atoms with E-state index in [9.17, 15) is 4.79 Å². The zero-order valence-corrected chi connectivity index (χ0v) is 13.2. The van der Waals surface area contributed by atoms with Crippen molar-refractivity contribution in [3.05, 3.63) is 35.4 Å². The number of carbonyl (C=O) groups excluding carboxylic acids is 1. The van der Waals surface area contributed by atoms with Gasteiger partial charge in [-0.2, -0.15) is 0 Å². The fraction of sp³-hybridized carbons (Fsp3) is 0.562. The second kappa shape index (κ2) is 9.37. The molecule has 5 heteroatoms. The Balaban J connectivity index is 2.77. The van der Waals surface area contributed by atoms with Gasteiger partial charge >= 0.3 is 6.09 Å². The molecule has 1 aromatic rings. The van der Waals surface area contributed by atoms with Crippen LogP contribution in [0, 0.1) is 6.92 Å². The molecule has 0 aliphatic rings. The van der Waals surface area contributed by atoms with Gasteiger partial charge in [0.25, 0.3) is 0 Å². The summed E-state index contributed by atoms with van der Waals surface area (Å²) >= 11 is 0. The Bertz CT molecular complexity index is 436. The lowest BCUT2D eigenvalue weighted by atomic mass is 10.00. The molecule has 21 heavy (non-hydrogen) atoms. The standard InChI is InChI=1S/C16H25NO4/c1-5-10-17-16(18)21-13(3)15(20-11-19-4)14-9-7-6-8-12(14)2/h6-9,13,15H,5,10-11H2,1-4H3,(H,17,18). The minimum absolute atomic E-state index is 0.142. The molecule has 0 bridgehead atoms. The van der Waals surface area contributed by atoms with Crippen LogP contribution >= 0.6 is 0 Å². The second-order valence-electron chi connectivity index (χ2n) is 4.89. The largest absolute Gasteiger partial charge is 0.443 e. The van der Waals surface area contributed by atoms with E-state index >= 15 is 0 Å². The molecule has 0 saturated heterocycles. The van der Waals surface area contributed by atoms with Crippen LogP contribution in [0.15, 0.2) is 24.3 Å². The molecule has 0 radical (unpaired) electrons. The van der Waals surface area contributed by atoms with Crippen LogP contribution in [0.2, 0.25) is 0 Å². The molecule has 0 saturated carbocycles. The van der Waals surface area contributed by atoms with Crippen molar-refractivity contribution in [2.75, 3.05) is 20.4 Å². The number of hydrogen-bond donors (Lipinski definition) is 1. The molecule has 1 rings (SSSR count). The van der Waals surface area contributed by atoms with Crippen LogP contribution in [0.5, 0.6) is 0 Å². The number of amides is 1. The van der Waals surface area contributed by atoms with Gasteiger partial charge in [-0.15, -0.1) is 0 Å². The first-order valence-corrected chi connectivity index (χ1v) is 7.20. The minimum atomic E-state index is -0.427. The Morgan fingerprint density at radius 2 is 2.05 bits per heavy atom. The third-order valence-electron chi connectivity index (χ3n) is 3.10. The Kier molecular flexibility index (Phi) is 7.79. The SMILES string of the molecule is CCCNC(=O)OC(C)C(OCOC)c1ccccc1C. The number of ether oxygens (including phenoxy) is 3. The van der Waals surface area contributed by atoms with E-state index in [4.69, 9.17) is 14.2 Å². The number of alkyl carbamates (subject to hydrolysis) is 1. The second-order valence-corrected chi connectivity index (χ2v) is 4.89. The van der Waals surface area contributed by atoms with Gasteiger partial charge in [-0.05, 0) is 31.4 Å². The van der Waals surface area contributed by atoms with E-state index < -0.39 is 12.2 Å². The molecular weight excluding hydrogens is 270 g/mol. The highest BCUT2D eigenvalue weighted by Crippen LogP contribution is 2.26. The summed E-state index contributed by atoms with van der Waals surface area (Å²) in [6.07, 6.45) is -0.342. The molecule has 0 aromatic heterocycles. The normalized spacial score (nSPS) is 13.5. The molecule has 118 valence electrons. The van der Waals surface area contributed by atoms with Gasteiger partial charge in [0.2, 0.25) is 0 Å². The van der Waals surface area contributed by atoms with Gasteiger partial charge in [-0.3, -0.25) is 0 Å². The number of hydrogen-bond acceptors (Lipinski definition) is 4. The maximum Gasteiger partial charge on any atom is 0.407 e. The van der Waals surface area contributed by atoms with E-state index in [2.05, 4.69) is 5.32 Å². The Morgan fingerprint density at radius 1 is 1.33 bits per heavy atom. The van der Waals surface area contributed by atoms with E-state index in [1.54, 1.807) is 7.11 Å². The minimum Gasteiger partial charge on any atom is -0.443 e. The summed E-state index contributed by atoms with van der Waals surface area (Å²) in [6, 6.07) is 7.88. The number of rotatable bonds is 8. The quantitative estimate of drug-likeness (QED) is 0.748. The molecule has 1 amide bonds. The first kappa shape index (κ1) is 17.5. The molecule has 5 nitrogen and oxygen atoms in total. The summed E-state index contributed by atoms with van der Waals surface area (Å²) in [5, 5.41) is 2.69. The molecule has 0 aliphatic heterocycles. The van der Waals surface area contributed by atoms with Gasteiger partial charge in [0, 0.05) is 13.7 Å².